The van der Waals surface area contributed by atoms with Crippen LogP contribution < -0.4 is 9.46 Å². The van der Waals surface area contributed by atoms with Gasteiger partial charge in [-0.15, -0.1) is 11.3 Å². The molecule has 10 heteroatoms. The number of nitriles is 1. The number of β-amino-alcohol motifs (C(OH)–C–C–N with tert-alkyl or cyclic N) is 1. The summed E-state index contributed by atoms with van der Waals surface area (Å²) >= 11 is 1.55. The summed E-state index contributed by atoms with van der Waals surface area (Å²) in [7, 11) is -3.44. The third kappa shape index (κ3) is 5.71. The minimum absolute atomic E-state index is 0.0209. The van der Waals surface area contributed by atoms with Crippen LogP contribution in [0, 0.1) is 11.3 Å². The molecule has 0 saturated carbocycles. The Labute approximate surface area is 221 Å². The van der Waals surface area contributed by atoms with Gasteiger partial charge in [-0.3, -0.25) is 4.90 Å². The normalized spacial score (nSPS) is 18.0. The molecular formula is C27H30N4O4S2. The summed E-state index contributed by atoms with van der Waals surface area (Å²) in [4.78, 5) is 7.57. The molecule has 5 rings (SSSR count). The van der Waals surface area contributed by atoms with Crippen molar-refractivity contribution in [3.8, 4) is 32.8 Å². The molecule has 1 aromatic heterocycles. The summed E-state index contributed by atoms with van der Waals surface area (Å²) < 4.78 is 34.1. The van der Waals surface area contributed by atoms with Crippen molar-refractivity contribution >= 4 is 21.4 Å². The van der Waals surface area contributed by atoms with E-state index in [4.69, 9.17) is 4.74 Å². The number of aromatic nitrogens is 1. The summed E-state index contributed by atoms with van der Waals surface area (Å²) in [6.07, 6.45) is 2.98. The Balaban J connectivity index is 1.33. The molecule has 2 heterocycles. The molecule has 0 radical (unpaired) electrons. The molecule has 8 nitrogen and oxygen atoms in total. The van der Waals surface area contributed by atoms with Gasteiger partial charge >= 0.3 is 0 Å². The number of rotatable bonds is 9. The molecule has 37 heavy (non-hydrogen) atoms. The fraction of sp³-hybridized carbons (Fsp3) is 0.407. The molecule has 2 N–H and O–H groups in total. The first-order chi connectivity index (χ1) is 17.7. The van der Waals surface area contributed by atoms with Crippen molar-refractivity contribution < 1.29 is 18.3 Å². The molecule has 0 bridgehead atoms. The maximum absolute atomic E-state index is 12.7. The van der Waals surface area contributed by atoms with Gasteiger partial charge in [0.25, 0.3) is 0 Å². The lowest BCUT2D eigenvalue weighted by Gasteiger charge is -2.35. The topological polar surface area (TPSA) is 116 Å². The average molecular weight is 539 g/mol. The van der Waals surface area contributed by atoms with Crippen molar-refractivity contribution in [3.63, 3.8) is 0 Å². The Morgan fingerprint density at radius 2 is 2.11 bits per heavy atom. The molecule has 2 aliphatic rings. The minimum Gasteiger partial charge on any atom is -0.490 e. The molecule has 0 spiro atoms. The van der Waals surface area contributed by atoms with Crippen molar-refractivity contribution in [2.24, 2.45) is 0 Å². The van der Waals surface area contributed by atoms with Crippen molar-refractivity contribution in [1.29, 1.82) is 5.26 Å². The molecule has 1 fully saturated rings. The van der Waals surface area contributed by atoms with Crippen LogP contribution in [0.25, 0.3) is 21.0 Å². The second kappa shape index (κ2) is 10.5. The van der Waals surface area contributed by atoms with Crippen LogP contribution in [0.5, 0.6) is 5.75 Å². The van der Waals surface area contributed by atoms with E-state index in [9.17, 15) is 18.8 Å². The quantitative estimate of drug-likeness (QED) is 0.427. The molecule has 1 aliphatic heterocycles. The highest BCUT2D eigenvalue weighted by molar-refractivity contribution is 7.89. The van der Waals surface area contributed by atoms with E-state index in [2.05, 4.69) is 21.8 Å². The average Bonchev–Trinajstić information content (AvgIpc) is 3.49. The predicted molar refractivity (Wildman–Crippen MR) is 144 cm³/mol. The zero-order chi connectivity index (χ0) is 26.2. The highest BCUT2D eigenvalue weighted by Crippen LogP contribution is 2.41. The van der Waals surface area contributed by atoms with E-state index in [-0.39, 0.29) is 24.0 Å². The zero-order valence-corrected chi connectivity index (χ0v) is 22.5. The zero-order valence-electron chi connectivity index (χ0n) is 20.8. The summed E-state index contributed by atoms with van der Waals surface area (Å²) in [5.41, 5.74) is 4.56. The van der Waals surface area contributed by atoms with Gasteiger partial charge in [0.2, 0.25) is 10.0 Å². The number of ether oxygens (including phenoxy) is 1. The first-order valence-corrected chi connectivity index (χ1v) is 14.9. The van der Waals surface area contributed by atoms with E-state index in [0.717, 1.165) is 38.6 Å². The first kappa shape index (κ1) is 25.8. The van der Waals surface area contributed by atoms with Crippen LogP contribution in [-0.4, -0.2) is 61.0 Å². The molecule has 0 unspecified atom stereocenters. The summed E-state index contributed by atoms with van der Waals surface area (Å²) in [6, 6.07) is 13.5. The Morgan fingerprint density at radius 1 is 1.30 bits per heavy atom. The number of thiazole rings is 1. The van der Waals surface area contributed by atoms with Gasteiger partial charge in [0.05, 0.1) is 28.4 Å². The van der Waals surface area contributed by atoms with Gasteiger partial charge < -0.3 is 9.84 Å². The van der Waals surface area contributed by atoms with Crippen LogP contribution in [0.3, 0.4) is 0 Å². The number of hydrogen-bond acceptors (Lipinski definition) is 8. The Hall–Kier alpha value is -2.81. The van der Waals surface area contributed by atoms with E-state index < -0.39 is 10.0 Å². The SMILES string of the molecule is CC(C)Oc1ccc(-c2ncc(-c3cccc4c3CC[C@H]4NS(=O)(=O)CCN3CC(O)C3)s2)cc1C#N. The van der Waals surface area contributed by atoms with Gasteiger partial charge in [0, 0.05) is 37.4 Å². The fourth-order valence-corrected chi connectivity index (χ4v) is 7.16. The smallest absolute Gasteiger partial charge is 0.213 e. The van der Waals surface area contributed by atoms with Gasteiger partial charge in [0.1, 0.15) is 16.8 Å². The van der Waals surface area contributed by atoms with Gasteiger partial charge in [-0.05, 0) is 61.6 Å². The monoisotopic (exact) mass is 538 g/mol. The van der Waals surface area contributed by atoms with Gasteiger partial charge in [0.15, 0.2) is 0 Å². The van der Waals surface area contributed by atoms with E-state index in [0.29, 0.717) is 37.4 Å². The number of aliphatic hydroxyl groups excluding tert-OH is 1. The number of fused-ring (bicyclic) bond motifs is 1. The molecule has 3 aromatic rings. The lowest BCUT2D eigenvalue weighted by Crippen LogP contribution is -2.52. The number of likely N-dealkylation sites (tertiary alicyclic amines) is 1. The lowest BCUT2D eigenvalue weighted by atomic mass is 10.0. The number of benzene rings is 2. The number of aliphatic hydroxyl groups is 1. The molecular weight excluding hydrogens is 508 g/mol. The second-order valence-corrected chi connectivity index (χ2v) is 12.7. The van der Waals surface area contributed by atoms with Gasteiger partial charge in [-0.2, -0.15) is 5.26 Å². The van der Waals surface area contributed by atoms with Crippen molar-refractivity contribution in [2.45, 2.75) is 44.9 Å². The van der Waals surface area contributed by atoms with Crippen LogP contribution in [0.2, 0.25) is 0 Å². The standard InChI is InChI=1S/C27H30N4O4S2/c1-17(2)35-25-9-6-18(12-19(25)13-28)27-29-14-26(36-27)23-5-3-4-22-21(23)7-8-24(22)30-37(33,34)11-10-31-15-20(32)16-31/h3-6,9,12,14,17,20,24,30,32H,7-8,10-11,15-16H2,1-2H3/t24-/m1/s1. The van der Waals surface area contributed by atoms with Crippen molar-refractivity contribution in [1.82, 2.24) is 14.6 Å². The van der Waals surface area contributed by atoms with Crippen LogP contribution in [0.4, 0.5) is 0 Å². The van der Waals surface area contributed by atoms with Crippen LogP contribution in [-0.2, 0) is 16.4 Å². The summed E-state index contributed by atoms with van der Waals surface area (Å²) in [5.74, 6) is 0.588. The molecule has 2 aromatic carbocycles. The Morgan fingerprint density at radius 3 is 2.84 bits per heavy atom. The number of hydrogen-bond donors (Lipinski definition) is 2. The maximum Gasteiger partial charge on any atom is 0.213 e. The molecule has 194 valence electrons. The first-order valence-electron chi connectivity index (χ1n) is 12.4. The van der Waals surface area contributed by atoms with Gasteiger partial charge in [-0.25, -0.2) is 18.1 Å². The largest absolute Gasteiger partial charge is 0.490 e. The van der Waals surface area contributed by atoms with E-state index >= 15 is 0 Å². The van der Waals surface area contributed by atoms with Crippen molar-refractivity contribution in [2.75, 3.05) is 25.4 Å². The molecule has 1 aliphatic carbocycles. The van der Waals surface area contributed by atoms with Crippen LogP contribution in [0.15, 0.2) is 42.6 Å². The minimum atomic E-state index is -3.44. The maximum atomic E-state index is 12.7. The number of nitrogens with one attached hydrogen (secondary N) is 1. The van der Waals surface area contributed by atoms with Crippen LogP contribution in [0.1, 0.15) is 43.0 Å². The number of nitrogens with zero attached hydrogens (tertiary/aromatic N) is 3. The van der Waals surface area contributed by atoms with Crippen LogP contribution >= 0.6 is 11.3 Å². The van der Waals surface area contributed by atoms with E-state index in [1.165, 1.54) is 0 Å². The lowest BCUT2D eigenvalue weighted by molar-refractivity contribution is 0.00619. The molecule has 0 amide bonds. The third-order valence-electron chi connectivity index (χ3n) is 6.69. The van der Waals surface area contributed by atoms with E-state index in [1.54, 1.807) is 17.4 Å². The molecule has 1 saturated heterocycles. The van der Waals surface area contributed by atoms with E-state index in [1.807, 2.05) is 49.2 Å². The van der Waals surface area contributed by atoms with Gasteiger partial charge in [-0.1, -0.05) is 18.2 Å². The Bertz CT molecular complexity index is 1440. The highest BCUT2D eigenvalue weighted by atomic mass is 32.2. The molecule has 1 atom stereocenters. The summed E-state index contributed by atoms with van der Waals surface area (Å²) in [5, 5.41) is 19.8. The number of sulfonamides is 1. The fourth-order valence-electron chi connectivity index (χ4n) is 4.90. The van der Waals surface area contributed by atoms with Crippen molar-refractivity contribution in [3.05, 3.63) is 59.3 Å². The highest BCUT2D eigenvalue weighted by Gasteiger charge is 2.30. The third-order valence-corrected chi connectivity index (χ3v) is 9.13. The Kier molecular flexibility index (Phi) is 7.34. The summed E-state index contributed by atoms with van der Waals surface area (Å²) in [6.45, 7) is 5.35. The predicted octanol–water partition coefficient (Wildman–Crippen LogP) is 3.72. The second-order valence-electron chi connectivity index (χ2n) is 9.83.